The van der Waals surface area contributed by atoms with Crippen molar-refractivity contribution in [3.63, 3.8) is 0 Å². The molecule has 0 amide bonds. The normalized spacial score (nSPS) is 11.5. The Kier molecular flexibility index (Phi) is 10.4. The number of fused-ring (bicyclic) bond motifs is 6. The molecule has 6 nitrogen and oxygen atoms in total. The average Bonchev–Trinajstić information content (AvgIpc) is 4.08. The summed E-state index contributed by atoms with van der Waals surface area (Å²) in [5.74, 6) is 1.20. The van der Waals surface area contributed by atoms with Gasteiger partial charge >= 0.3 is 0 Å². The zero-order valence-corrected chi connectivity index (χ0v) is 39.9. The van der Waals surface area contributed by atoms with E-state index in [1.54, 1.807) is 0 Å². The third-order valence-corrected chi connectivity index (χ3v) is 14.0. The summed E-state index contributed by atoms with van der Waals surface area (Å²) in [6.07, 6.45) is 0. The smallest absolute Gasteiger partial charge is 0.231 e. The molecule has 346 valence electrons. The molecule has 6 heteroatoms. The number of benzene rings is 10. The van der Waals surface area contributed by atoms with Gasteiger partial charge in [-0.15, -0.1) is 0 Å². The molecule has 4 aromatic heterocycles. The Morgan fingerprint density at radius 2 is 0.527 bits per heavy atom. The van der Waals surface area contributed by atoms with Crippen molar-refractivity contribution in [3.05, 3.63) is 255 Å². The second kappa shape index (κ2) is 18.0. The number of hydrogen-bond acceptors (Lipinski definition) is 6. The Morgan fingerprint density at radius 1 is 0.216 bits per heavy atom. The number of aromatic nitrogens is 4. The highest BCUT2D eigenvalue weighted by molar-refractivity contribution is 6.12. The van der Waals surface area contributed by atoms with Gasteiger partial charge in [0, 0.05) is 33.0 Å². The van der Waals surface area contributed by atoms with Gasteiger partial charge in [0.1, 0.15) is 11.2 Å². The maximum Gasteiger partial charge on any atom is 0.231 e. The third-order valence-electron chi connectivity index (χ3n) is 14.0. The molecule has 14 aromatic rings. The highest BCUT2D eigenvalue weighted by Crippen LogP contribution is 2.42. The van der Waals surface area contributed by atoms with E-state index in [0.717, 1.165) is 122 Å². The molecule has 0 aliphatic rings. The second-order valence-electron chi connectivity index (χ2n) is 18.6. The number of hydrogen-bond donors (Lipinski definition) is 0. The predicted octanol–water partition coefficient (Wildman–Crippen LogP) is 18.1. The lowest BCUT2D eigenvalue weighted by Crippen LogP contribution is -1.95. The molecule has 0 aliphatic carbocycles. The number of para-hydroxylation sites is 2. The molecule has 0 radical (unpaired) electrons. The van der Waals surface area contributed by atoms with Crippen molar-refractivity contribution in [2.45, 2.75) is 0 Å². The predicted molar refractivity (Wildman–Crippen MR) is 301 cm³/mol. The Balaban J connectivity index is 0.889. The van der Waals surface area contributed by atoms with Crippen LogP contribution in [0.4, 0.5) is 0 Å². The van der Waals surface area contributed by atoms with Crippen molar-refractivity contribution in [2.75, 3.05) is 0 Å². The van der Waals surface area contributed by atoms with Crippen LogP contribution < -0.4 is 0 Å². The summed E-state index contributed by atoms with van der Waals surface area (Å²) in [5, 5.41) is 3.71. The van der Waals surface area contributed by atoms with E-state index in [9.17, 15) is 0 Å². The van der Waals surface area contributed by atoms with E-state index in [2.05, 4.69) is 206 Å². The van der Waals surface area contributed by atoms with Gasteiger partial charge in [-0.3, -0.25) is 0 Å². The Bertz CT molecular complexity index is 4390. The Labute approximate surface area is 426 Å². The van der Waals surface area contributed by atoms with Crippen LogP contribution in [0.2, 0.25) is 0 Å². The zero-order valence-electron chi connectivity index (χ0n) is 39.9. The summed E-state index contributed by atoms with van der Waals surface area (Å²) in [6, 6.07) is 88.6. The average molecular weight is 947 g/mol. The van der Waals surface area contributed by atoms with E-state index in [4.69, 9.17) is 28.8 Å². The van der Waals surface area contributed by atoms with E-state index >= 15 is 0 Å². The van der Waals surface area contributed by atoms with Crippen LogP contribution in [0.1, 0.15) is 0 Å². The maximum absolute atomic E-state index is 6.53. The first-order valence-electron chi connectivity index (χ1n) is 24.8. The SMILES string of the molecule is c1ccc(-c2ccc(-c3nc(-c4cccc(-c5cccc(-c6cc(-c7ccccc7)cc(-c7nc(-c8ccc(-c9ccccc9)cc8)nc8oc9ccccc9c78)c6)c5)c4)c4c(n3)oc3ccccc34)cc2)cc1. The van der Waals surface area contributed by atoms with Gasteiger partial charge in [-0.1, -0.05) is 212 Å². The fourth-order valence-electron chi connectivity index (χ4n) is 10.3. The van der Waals surface area contributed by atoms with Crippen LogP contribution in [0.25, 0.3) is 145 Å². The van der Waals surface area contributed by atoms with Crippen molar-refractivity contribution in [1.29, 1.82) is 0 Å². The standard InChI is InChI=1S/C68H42N4O2/c1-4-16-43(17-5-1)46-30-34-48(35-31-46)65-69-63(61-57-26-10-12-28-59(57)73-67(61)71-65)53-25-15-23-51(39-53)50-22-14-24-52(38-50)55-40-54(45-20-8-3-9-21-45)41-56(42-55)64-62-58-27-11-13-29-60(58)74-68(62)72-66(70-64)49-36-32-47(33-37-49)44-18-6-2-7-19-44/h1-42H. The van der Waals surface area contributed by atoms with E-state index in [1.165, 1.54) is 0 Å². The summed E-state index contributed by atoms with van der Waals surface area (Å²) in [5.41, 5.74) is 19.0. The van der Waals surface area contributed by atoms with E-state index < -0.39 is 0 Å². The summed E-state index contributed by atoms with van der Waals surface area (Å²) >= 11 is 0. The van der Waals surface area contributed by atoms with Gasteiger partial charge in [-0.2, -0.15) is 9.97 Å². The van der Waals surface area contributed by atoms with Gasteiger partial charge in [0.25, 0.3) is 0 Å². The highest BCUT2D eigenvalue weighted by atomic mass is 16.3. The van der Waals surface area contributed by atoms with Crippen LogP contribution in [-0.4, -0.2) is 19.9 Å². The highest BCUT2D eigenvalue weighted by Gasteiger charge is 2.22. The topological polar surface area (TPSA) is 77.8 Å². The van der Waals surface area contributed by atoms with Gasteiger partial charge in [0.2, 0.25) is 11.4 Å². The molecule has 4 heterocycles. The van der Waals surface area contributed by atoms with Crippen LogP contribution >= 0.6 is 0 Å². The van der Waals surface area contributed by atoms with Crippen LogP contribution in [0, 0.1) is 0 Å². The third kappa shape index (κ3) is 7.79. The Morgan fingerprint density at radius 3 is 1.01 bits per heavy atom. The van der Waals surface area contributed by atoms with Crippen molar-refractivity contribution in [1.82, 2.24) is 19.9 Å². The zero-order chi connectivity index (χ0) is 49.0. The van der Waals surface area contributed by atoms with Crippen molar-refractivity contribution in [3.8, 4) is 101 Å². The van der Waals surface area contributed by atoms with E-state index in [0.29, 0.717) is 23.1 Å². The number of rotatable bonds is 9. The van der Waals surface area contributed by atoms with Crippen molar-refractivity contribution < 1.29 is 8.83 Å². The number of furan rings is 2. The van der Waals surface area contributed by atoms with E-state index in [1.807, 2.05) is 48.5 Å². The molecule has 0 bridgehead atoms. The minimum atomic E-state index is 0.546. The first-order valence-corrected chi connectivity index (χ1v) is 24.8. The fourth-order valence-corrected chi connectivity index (χ4v) is 10.3. The van der Waals surface area contributed by atoms with Gasteiger partial charge in [0.15, 0.2) is 11.6 Å². The molecule has 74 heavy (non-hydrogen) atoms. The number of nitrogens with zero attached hydrogens (tertiary/aromatic N) is 4. The molecule has 0 saturated carbocycles. The quantitative estimate of drug-likeness (QED) is 0.143. The van der Waals surface area contributed by atoms with Crippen molar-refractivity contribution >= 4 is 44.1 Å². The lowest BCUT2D eigenvalue weighted by molar-refractivity contribution is 0.653. The molecule has 0 atom stereocenters. The minimum Gasteiger partial charge on any atom is -0.438 e. The molecular formula is C68H42N4O2. The van der Waals surface area contributed by atoms with Gasteiger partial charge in [-0.25, -0.2) is 9.97 Å². The molecule has 0 spiro atoms. The van der Waals surface area contributed by atoms with Crippen LogP contribution in [0.3, 0.4) is 0 Å². The van der Waals surface area contributed by atoms with Crippen molar-refractivity contribution in [2.24, 2.45) is 0 Å². The van der Waals surface area contributed by atoms with Gasteiger partial charge < -0.3 is 8.83 Å². The molecule has 0 aliphatic heterocycles. The molecule has 14 rings (SSSR count). The van der Waals surface area contributed by atoms with Gasteiger partial charge in [-0.05, 0) is 98.1 Å². The second-order valence-corrected chi connectivity index (χ2v) is 18.6. The summed E-state index contributed by atoms with van der Waals surface area (Å²) < 4.78 is 13.0. The van der Waals surface area contributed by atoms with Crippen LogP contribution in [-0.2, 0) is 0 Å². The molecular weight excluding hydrogens is 905 g/mol. The monoisotopic (exact) mass is 946 g/mol. The molecule has 0 saturated heterocycles. The van der Waals surface area contributed by atoms with Crippen LogP contribution in [0.15, 0.2) is 264 Å². The van der Waals surface area contributed by atoms with Gasteiger partial charge in [0.05, 0.1) is 22.2 Å². The lowest BCUT2D eigenvalue weighted by Gasteiger charge is -2.14. The molecule has 10 aromatic carbocycles. The summed E-state index contributed by atoms with van der Waals surface area (Å²) in [6.45, 7) is 0. The largest absolute Gasteiger partial charge is 0.438 e. The molecule has 0 fully saturated rings. The summed E-state index contributed by atoms with van der Waals surface area (Å²) in [7, 11) is 0. The van der Waals surface area contributed by atoms with Crippen LogP contribution in [0.5, 0.6) is 0 Å². The first kappa shape index (κ1) is 42.8. The lowest BCUT2D eigenvalue weighted by atomic mass is 9.92. The first-order chi connectivity index (χ1) is 36.6. The summed E-state index contributed by atoms with van der Waals surface area (Å²) in [4.78, 5) is 20.9. The molecule has 0 N–H and O–H groups in total. The van der Waals surface area contributed by atoms with E-state index in [-0.39, 0.29) is 0 Å². The molecule has 0 unspecified atom stereocenters. The fraction of sp³-hybridized carbons (Fsp3) is 0. The Hall–Kier alpha value is -10.0. The maximum atomic E-state index is 6.53. The minimum absolute atomic E-state index is 0.546.